The van der Waals surface area contributed by atoms with Crippen molar-refractivity contribution in [3.05, 3.63) is 10.6 Å². The largest absolute Gasteiger partial charge is 0.391 e. The summed E-state index contributed by atoms with van der Waals surface area (Å²) in [5.74, 6) is 0. The Morgan fingerprint density at radius 2 is 1.95 bits per heavy atom. The molecule has 0 saturated heterocycles. The molecule has 6 heteroatoms. The summed E-state index contributed by atoms with van der Waals surface area (Å²) in [5.41, 5.74) is 1.03. The Bertz CT molecular complexity index is 371. The second-order valence-electron chi connectivity index (χ2n) is 4.60. The number of thiazole rings is 1. The first-order valence-electron chi connectivity index (χ1n) is 7.09. The van der Waals surface area contributed by atoms with Gasteiger partial charge in [-0.1, -0.05) is 24.7 Å². The molecule has 0 unspecified atom stereocenters. The quantitative estimate of drug-likeness (QED) is 0.634. The van der Waals surface area contributed by atoms with Gasteiger partial charge in [-0.05, 0) is 12.8 Å². The van der Waals surface area contributed by atoms with Crippen LogP contribution in [-0.4, -0.2) is 50.6 Å². The van der Waals surface area contributed by atoms with E-state index in [-0.39, 0.29) is 6.61 Å². The summed E-state index contributed by atoms with van der Waals surface area (Å²) in [6.45, 7) is 5.31. The van der Waals surface area contributed by atoms with Crippen LogP contribution in [0.25, 0.3) is 0 Å². The molecule has 0 aliphatic rings. The van der Waals surface area contributed by atoms with Gasteiger partial charge in [0.05, 0.1) is 23.8 Å². The van der Waals surface area contributed by atoms with E-state index in [0.29, 0.717) is 6.61 Å². The van der Waals surface area contributed by atoms with Crippen LogP contribution in [0.2, 0.25) is 0 Å². The molecule has 0 amide bonds. The number of hydrogen-bond donors (Lipinski definition) is 1. The molecule has 0 fully saturated rings. The minimum Gasteiger partial charge on any atom is -0.391 e. The predicted octanol–water partition coefficient (Wildman–Crippen LogP) is 2.08. The van der Waals surface area contributed by atoms with Crippen LogP contribution in [0.3, 0.4) is 0 Å². The van der Waals surface area contributed by atoms with Gasteiger partial charge in [0.2, 0.25) is 0 Å². The van der Waals surface area contributed by atoms with Crippen molar-refractivity contribution < 1.29 is 14.6 Å². The molecule has 0 spiro atoms. The standard InChI is InChI=1S/C14H26N2O3S/c1-4-6-12-13(11-17)20-14(15-12)16(8-10-19-3)7-5-9-18-2/h17H,4-11H2,1-3H3. The van der Waals surface area contributed by atoms with Crippen molar-refractivity contribution in [2.45, 2.75) is 32.8 Å². The molecular weight excluding hydrogens is 276 g/mol. The van der Waals surface area contributed by atoms with Crippen LogP contribution in [0.1, 0.15) is 30.3 Å². The van der Waals surface area contributed by atoms with E-state index in [1.807, 2.05) is 0 Å². The Kier molecular flexibility index (Phi) is 8.77. The summed E-state index contributed by atoms with van der Waals surface area (Å²) in [7, 11) is 3.42. The Morgan fingerprint density at radius 3 is 2.55 bits per heavy atom. The smallest absolute Gasteiger partial charge is 0.185 e. The number of aliphatic hydroxyl groups is 1. The predicted molar refractivity (Wildman–Crippen MR) is 82.6 cm³/mol. The fourth-order valence-electron chi connectivity index (χ4n) is 1.96. The average molecular weight is 302 g/mol. The minimum atomic E-state index is 0.0726. The van der Waals surface area contributed by atoms with Crippen LogP contribution >= 0.6 is 11.3 Å². The van der Waals surface area contributed by atoms with Crippen molar-refractivity contribution in [3.8, 4) is 0 Å². The van der Waals surface area contributed by atoms with Crippen molar-refractivity contribution in [3.63, 3.8) is 0 Å². The molecule has 0 atom stereocenters. The van der Waals surface area contributed by atoms with Crippen LogP contribution in [-0.2, 0) is 22.5 Å². The zero-order chi connectivity index (χ0) is 14.8. The Hall–Kier alpha value is -0.690. The highest BCUT2D eigenvalue weighted by Gasteiger charge is 2.15. The molecule has 116 valence electrons. The maximum absolute atomic E-state index is 9.44. The maximum Gasteiger partial charge on any atom is 0.185 e. The number of aromatic nitrogens is 1. The van der Waals surface area contributed by atoms with Crippen LogP contribution in [0, 0.1) is 0 Å². The normalized spacial score (nSPS) is 11.0. The average Bonchev–Trinajstić information content (AvgIpc) is 2.86. The lowest BCUT2D eigenvalue weighted by molar-refractivity contribution is 0.191. The first-order chi connectivity index (χ1) is 9.76. The van der Waals surface area contributed by atoms with E-state index in [0.717, 1.165) is 54.7 Å². The maximum atomic E-state index is 9.44. The van der Waals surface area contributed by atoms with E-state index in [1.54, 1.807) is 25.6 Å². The Balaban J connectivity index is 2.76. The number of rotatable bonds is 11. The monoisotopic (exact) mass is 302 g/mol. The zero-order valence-corrected chi connectivity index (χ0v) is 13.5. The van der Waals surface area contributed by atoms with Crippen molar-refractivity contribution in [2.24, 2.45) is 0 Å². The molecular formula is C14H26N2O3S. The lowest BCUT2D eigenvalue weighted by atomic mass is 10.2. The molecule has 0 aromatic carbocycles. The van der Waals surface area contributed by atoms with Gasteiger partial charge in [-0.3, -0.25) is 0 Å². The molecule has 1 aromatic rings. The zero-order valence-electron chi connectivity index (χ0n) is 12.7. The Labute approximate surface area is 125 Å². The molecule has 0 radical (unpaired) electrons. The van der Waals surface area contributed by atoms with Gasteiger partial charge in [-0.2, -0.15) is 0 Å². The molecule has 0 saturated carbocycles. The van der Waals surface area contributed by atoms with E-state index >= 15 is 0 Å². The van der Waals surface area contributed by atoms with Gasteiger partial charge in [-0.15, -0.1) is 0 Å². The van der Waals surface area contributed by atoms with Crippen LogP contribution in [0.15, 0.2) is 0 Å². The first kappa shape index (κ1) is 17.4. The minimum absolute atomic E-state index is 0.0726. The third kappa shape index (κ3) is 5.36. The summed E-state index contributed by atoms with van der Waals surface area (Å²) >= 11 is 1.58. The number of ether oxygens (including phenoxy) is 2. The van der Waals surface area contributed by atoms with E-state index < -0.39 is 0 Å². The number of aliphatic hydroxyl groups excluding tert-OH is 1. The summed E-state index contributed by atoms with van der Waals surface area (Å²) < 4.78 is 10.3. The SMILES string of the molecule is CCCc1nc(N(CCCOC)CCOC)sc1CO. The summed E-state index contributed by atoms with van der Waals surface area (Å²) in [6, 6.07) is 0. The number of anilines is 1. The fraction of sp³-hybridized carbons (Fsp3) is 0.786. The molecule has 1 aromatic heterocycles. The van der Waals surface area contributed by atoms with Gasteiger partial charge in [-0.25, -0.2) is 4.98 Å². The molecule has 0 bridgehead atoms. The third-order valence-electron chi connectivity index (χ3n) is 3.01. The van der Waals surface area contributed by atoms with Crippen molar-refractivity contribution in [2.75, 3.05) is 45.4 Å². The molecule has 0 aliphatic carbocycles. The summed E-state index contributed by atoms with van der Waals surface area (Å²) in [5, 5.41) is 10.4. The number of nitrogens with zero attached hydrogens (tertiary/aromatic N) is 2. The lowest BCUT2D eigenvalue weighted by Crippen LogP contribution is -2.28. The van der Waals surface area contributed by atoms with Crippen LogP contribution in [0.5, 0.6) is 0 Å². The highest BCUT2D eigenvalue weighted by Crippen LogP contribution is 2.27. The molecule has 1 rings (SSSR count). The molecule has 5 nitrogen and oxygen atoms in total. The van der Waals surface area contributed by atoms with E-state index in [1.165, 1.54) is 0 Å². The van der Waals surface area contributed by atoms with E-state index in [4.69, 9.17) is 14.5 Å². The summed E-state index contributed by atoms with van der Waals surface area (Å²) in [6.07, 6.45) is 2.91. The van der Waals surface area contributed by atoms with Crippen LogP contribution < -0.4 is 4.90 Å². The molecule has 0 aliphatic heterocycles. The second-order valence-corrected chi connectivity index (χ2v) is 5.66. The van der Waals surface area contributed by atoms with Gasteiger partial charge < -0.3 is 19.5 Å². The van der Waals surface area contributed by atoms with Gasteiger partial charge in [0.25, 0.3) is 0 Å². The molecule has 1 N–H and O–H groups in total. The van der Waals surface area contributed by atoms with Crippen molar-refractivity contribution in [1.82, 2.24) is 4.98 Å². The number of methoxy groups -OCH3 is 2. The van der Waals surface area contributed by atoms with E-state index in [2.05, 4.69) is 11.8 Å². The van der Waals surface area contributed by atoms with Crippen molar-refractivity contribution in [1.29, 1.82) is 0 Å². The van der Waals surface area contributed by atoms with Crippen molar-refractivity contribution >= 4 is 16.5 Å². The second kappa shape index (κ2) is 10.1. The van der Waals surface area contributed by atoms with Crippen LogP contribution in [0.4, 0.5) is 5.13 Å². The lowest BCUT2D eigenvalue weighted by Gasteiger charge is -2.21. The van der Waals surface area contributed by atoms with Gasteiger partial charge in [0, 0.05) is 33.9 Å². The summed E-state index contributed by atoms with van der Waals surface area (Å²) in [4.78, 5) is 7.89. The topological polar surface area (TPSA) is 54.8 Å². The Morgan fingerprint density at radius 1 is 1.20 bits per heavy atom. The number of hydrogen-bond acceptors (Lipinski definition) is 6. The highest BCUT2D eigenvalue weighted by molar-refractivity contribution is 7.15. The van der Waals surface area contributed by atoms with Gasteiger partial charge in [0.15, 0.2) is 5.13 Å². The first-order valence-corrected chi connectivity index (χ1v) is 7.90. The highest BCUT2D eigenvalue weighted by atomic mass is 32.1. The van der Waals surface area contributed by atoms with Gasteiger partial charge >= 0.3 is 0 Å². The van der Waals surface area contributed by atoms with Gasteiger partial charge in [0.1, 0.15) is 0 Å². The fourth-order valence-corrected chi connectivity index (χ4v) is 2.98. The number of aryl methyl sites for hydroxylation is 1. The van der Waals surface area contributed by atoms with E-state index in [9.17, 15) is 5.11 Å². The third-order valence-corrected chi connectivity index (χ3v) is 4.15. The molecule has 20 heavy (non-hydrogen) atoms. The molecule has 1 heterocycles.